The topological polar surface area (TPSA) is 48.4 Å². The van der Waals surface area contributed by atoms with Crippen LogP contribution < -0.4 is 4.74 Å². The highest BCUT2D eigenvalue weighted by Crippen LogP contribution is 2.36. The standard InChI is InChI=1S/C10H6F6INO3/c1-20-7(19)3-5-8(17)4(9(11,12)13)2-6(18-5)21-10(14,15)16/h2H,3H2,1H3. The molecule has 0 atom stereocenters. The summed E-state index contributed by atoms with van der Waals surface area (Å²) < 4.78 is 81.7. The van der Waals surface area contributed by atoms with Crippen LogP contribution in [0.25, 0.3) is 0 Å². The molecule has 0 aliphatic heterocycles. The zero-order valence-corrected chi connectivity index (χ0v) is 12.3. The summed E-state index contributed by atoms with van der Waals surface area (Å²) >= 11 is 1.24. The minimum Gasteiger partial charge on any atom is -0.469 e. The lowest BCUT2D eigenvalue weighted by atomic mass is 10.2. The second-order valence-corrected chi connectivity index (χ2v) is 4.65. The minimum atomic E-state index is -5.20. The van der Waals surface area contributed by atoms with Crippen molar-refractivity contribution in [1.29, 1.82) is 0 Å². The van der Waals surface area contributed by atoms with Gasteiger partial charge in [0.1, 0.15) is 0 Å². The van der Waals surface area contributed by atoms with Gasteiger partial charge in [-0.1, -0.05) is 0 Å². The third-order valence-electron chi connectivity index (χ3n) is 2.07. The van der Waals surface area contributed by atoms with E-state index in [9.17, 15) is 31.1 Å². The Balaban J connectivity index is 3.35. The Morgan fingerprint density at radius 2 is 1.86 bits per heavy atom. The van der Waals surface area contributed by atoms with E-state index in [0.29, 0.717) is 0 Å². The van der Waals surface area contributed by atoms with Gasteiger partial charge in [-0.3, -0.25) is 4.79 Å². The van der Waals surface area contributed by atoms with Gasteiger partial charge in [-0.05, 0) is 22.6 Å². The van der Waals surface area contributed by atoms with Gasteiger partial charge in [0.15, 0.2) is 0 Å². The van der Waals surface area contributed by atoms with Gasteiger partial charge in [-0.2, -0.15) is 13.2 Å². The molecular weight excluding hydrogens is 423 g/mol. The van der Waals surface area contributed by atoms with E-state index in [4.69, 9.17) is 0 Å². The first-order valence-electron chi connectivity index (χ1n) is 5.03. The summed E-state index contributed by atoms with van der Waals surface area (Å²) in [7, 11) is 0.982. The van der Waals surface area contributed by atoms with E-state index in [2.05, 4.69) is 14.5 Å². The van der Waals surface area contributed by atoms with Gasteiger partial charge in [0, 0.05) is 9.64 Å². The first kappa shape index (κ1) is 17.8. The lowest BCUT2D eigenvalue weighted by molar-refractivity contribution is -0.276. The quantitative estimate of drug-likeness (QED) is 0.421. The molecule has 4 nitrogen and oxygen atoms in total. The maximum Gasteiger partial charge on any atom is 0.574 e. The van der Waals surface area contributed by atoms with E-state index in [0.717, 1.165) is 7.11 Å². The highest BCUT2D eigenvalue weighted by Gasteiger charge is 2.38. The number of aromatic nitrogens is 1. The number of pyridine rings is 1. The number of methoxy groups -OCH3 is 1. The molecule has 0 saturated carbocycles. The van der Waals surface area contributed by atoms with Gasteiger partial charge in [0.25, 0.3) is 0 Å². The Bertz CT molecular complexity index is 543. The SMILES string of the molecule is COC(=O)Cc1nc(OC(F)(F)F)cc(C(F)(F)F)c1I. The van der Waals surface area contributed by atoms with E-state index >= 15 is 0 Å². The summed E-state index contributed by atoms with van der Waals surface area (Å²) in [6.45, 7) is 0. The molecule has 1 heterocycles. The molecule has 0 amide bonds. The summed E-state index contributed by atoms with van der Waals surface area (Å²) in [5.74, 6) is -2.24. The molecule has 0 aliphatic rings. The van der Waals surface area contributed by atoms with E-state index < -0.39 is 45.6 Å². The van der Waals surface area contributed by atoms with Gasteiger partial charge in [-0.25, -0.2) is 4.98 Å². The number of halogens is 7. The Morgan fingerprint density at radius 1 is 1.29 bits per heavy atom. The van der Waals surface area contributed by atoms with Crippen LogP contribution in [-0.2, 0) is 22.1 Å². The van der Waals surface area contributed by atoms with Crippen LogP contribution in [0.15, 0.2) is 6.07 Å². The first-order chi connectivity index (χ1) is 9.44. The van der Waals surface area contributed by atoms with Crippen molar-refractivity contribution < 1.29 is 40.6 Å². The third-order valence-corrected chi connectivity index (χ3v) is 3.27. The minimum absolute atomic E-state index is 0.121. The first-order valence-corrected chi connectivity index (χ1v) is 6.11. The number of nitrogens with zero attached hydrogens (tertiary/aromatic N) is 1. The fourth-order valence-corrected chi connectivity index (χ4v) is 2.03. The van der Waals surface area contributed by atoms with Crippen molar-refractivity contribution >= 4 is 28.6 Å². The van der Waals surface area contributed by atoms with Gasteiger partial charge in [0.2, 0.25) is 5.88 Å². The smallest absolute Gasteiger partial charge is 0.469 e. The number of hydrogen-bond donors (Lipinski definition) is 0. The molecule has 11 heteroatoms. The number of ether oxygens (including phenoxy) is 2. The fraction of sp³-hybridized carbons (Fsp3) is 0.400. The van der Waals surface area contributed by atoms with Gasteiger partial charge in [-0.15, -0.1) is 13.2 Å². The number of carbonyl (C=O) groups is 1. The molecule has 1 aromatic rings. The Hall–Kier alpha value is -1.27. The predicted octanol–water partition coefficient (Wildman–Crippen LogP) is 3.32. The maximum atomic E-state index is 12.8. The Kier molecular flexibility index (Phi) is 5.28. The molecule has 0 aliphatic carbocycles. The van der Waals surface area contributed by atoms with E-state index in [1.54, 1.807) is 0 Å². The molecule has 118 valence electrons. The Labute approximate surface area is 127 Å². The average molecular weight is 429 g/mol. The second-order valence-electron chi connectivity index (χ2n) is 3.57. The van der Waals surface area contributed by atoms with Crippen LogP contribution in [0.1, 0.15) is 11.3 Å². The molecule has 0 spiro atoms. The number of hydrogen-bond acceptors (Lipinski definition) is 4. The fourth-order valence-electron chi connectivity index (χ4n) is 1.26. The number of esters is 1. The molecule has 0 radical (unpaired) electrons. The molecule has 1 rings (SSSR count). The number of carbonyl (C=O) groups excluding carboxylic acids is 1. The zero-order chi connectivity index (χ0) is 16.4. The Morgan fingerprint density at radius 3 is 2.29 bits per heavy atom. The normalized spacial score (nSPS) is 12.2. The molecule has 21 heavy (non-hydrogen) atoms. The second kappa shape index (κ2) is 6.23. The zero-order valence-electron chi connectivity index (χ0n) is 10.1. The number of alkyl halides is 6. The van der Waals surface area contributed by atoms with Crippen LogP contribution in [0.4, 0.5) is 26.3 Å². The average Bonchev–Trinajstić information content (AvgIpc) is 2.29. The lowest BCUT2D eigenvalue weighted by Crippen LogP contribution is -2.21. The van der Waals surface area contributed by atoms with E-state index in [-0.39, 0.29) is 6.07 Å². The molecule has 1 aromatic heterocycles. The van der Waals surface area contributed by atoms with E-state index in [1.165, 1.54) is 22.6 Å². The largest absolute Gasteiger partial charge is 0.574 e. The highest BCUT2D eigenvalue weighted by atomic mass is 127. The van der Waals surface area contributed by atoms with Crippen molar-refractivity contribution in [3.8, 4) is 5.88 Å². The summed E-state index contributed by atoms with van der Waals surface area (Å²) in [6.07, 6.45) is -10.8. The molecule has 0 unspecified atom stereocenters. The van der Waals surface area contributed by atoms with Crippen molar-refractivity contribution in [3.63, 3.8) is 0 Å². The number of rotatable bonds is 3. The van der Waals surface area contributed by atoms with Crippen molar-refractivity contribution in [1.82, 2.24) is 4.98 Å². The van der Waals surface area contributed by atoms with Gasteiger partial charge < -0.3 is 9.47 Å². The summed E-state index contributed by atoms with van der Waals surface area (Å²) in [4.78, 5) is 14.4. The van der Waals surface area contributed by atoms with Gasteiger partial charge in [0.05, 0.1) is 24.8 Å². The summed E-state index contributed by atoms with van der Waals surface area (Å²) in [6, 6.07) is 0.121. The molecule has 0 bridgehead atoms. The highest BCUT2D eigenvalue weighted by molar-refractivity contribution is 14.1. The van der Waals surface area contributed by atoms with Crippen LogP contribution in [0.5, 0.6) is 5.88 Å². The molecule has 0 N–H and O–H groups in total. The molecule has 0 saturated heterocycles. The van der Waals surface area contributed by atoms with Crippen LogP contribution >= 0.6 is 22.6 Å². The van der Waals surface area contributed by atoms with Crippen molar-refractivity contribution in [3.05, 3.63) is 20.9 Å². The molecule has 0 aromatic carbocycles. The third kappa shape index (κ3) is 5.21. The maximum absolute atomic E-state index is 12.8. The monoisotopic (exact) mass is 429 g/mol. The van der Waals surface area contributed by atoms with Crippen molar-refractivity contribution in [2.45, 2.75) is 19.0 Å². The van der Waals surface area contributed by atoms with E-state index in [1.807, 2.05) is 0 Å². The van der Waals surface area contributed by atoms with Crippen molar-refractivity contribution in [2.24, 2.45) is 0 Å². The molecular formula is C10H6F6INO3. The van der Waals surface area contributed by atoms with Gasteiger partial charge >= 0.3 is 18.5 Å². The lowest BCUT2D eigenvalue weighted by Gasteiger charge is -2.15. The predicted molar refractivity (Wildman–Crippen MR) is 64.4 cm³/mol. The molecule has 0 fully saturated rings. The van der Waals surface area contributed by atoms with Crippen LogP contribution in [0.3, 0.4) is 0 Å². The van der Waals surface area contributed by atoms with Crippen LogP contribution in [0, 0.1) is 3.57 Å². The van der Waals surface area contributed by atoms with Crippen LogP contribution in [-0.4, -0.2) is 24.4 Å². The van der Waals surface area contributed by atoms with Crippen LogP contribution in [0.2, 0.25) is 0 Å². The summed E-state index contributed by atoms with van der Waals surface area (Å²) in [5.41, 5.74) is -1.90. The van der Waals surface area contributed by atoms with Crippen molar-refractivity contribution in [2.75, 3.05) is 7.11 Å². The summed E-state index contributed by atoms with van der Waals surface area (Å²) in [5, 5.41) is 0.